The number of benzene rings is 2. The molecule has 0 spiro atoms. The molecule has 1 heterocycles. The number of rotatable bonds is 4. The first-order valence-electron chi connectivity index (χ1n) is 7.33. The summed E-state index contributed by atoms with van der Waals surface area (Å²) in [5, 5.41) is 12.4. The van der Waals surface area contributed by atoms with Crippen molar-refractivity contribution >= 4 is 40.5 Å². The molecule has 0 saturated heterocycles. The zero-order chi connectivity index (χ0) is 16.4. The highest BCUT2D eigenvalue weighted by atomic mass is 35.5. The minimum absolute atomic E-state index is 0.113. The second kappa shape index (κ2) is 6.44. The number of nitrogens with zero attached hydrogens (tertiary/aromatic N) is 1. The summed E-state index contributed by atoms with van der Waals surface area (Å²) in [6.45, 7) is 0.693. The Balaban J connectivity index is 1.89. The molecule has 0 unspecified atom stereocenters. The fraction of sp³-hybridized carbons (Fsp3) is 0.167. The van der Waals surface area contributed by atoms with Crippen LogP contribution in [0.4, 0.5) is 11.4 Å². The van der Waals surface area contributed by atoms with Crippen molar-refractivity contribution in [3.8, 4) is 0 Å². The zero-order valence-corrected chi connectivity index (χ0v) is 13.5. The lowest BCUT2D eigenvalue weighted by atomic mass is 10.0. The molecule has 0 aliphatic carbocycles. The molecule has 0 saturated carbocycles. The molecule has 5 heteroatoms. The van der Waals surface area contributed by atoms with Crippen LogP contribution in [0, 0.1) is 0 Å². The van der Waals surface area contributed by atoms with Crippen LogP contribution in [0.5, 0.6) is 0 Å². The molecule has 118 valence electrons. The Morgan fingerprint density at radius 2 is 1.96 bits per heavy atom. The number of nitrogens with one attached hydrogen (secondary N) is 1. The first-order chi connectivity index (χ1) is 11.1. The van der Waals surface area contributed by atoms with Crippen LogP contribution in [0.3, 0.4) is 0 Å². The average Bonchev–Trinajstić information content (AvgIpc) is 2.83. The Kier molecular flexibility index (Phi) is 4.37. The third-order valence-corrected chi connectivity index (χ3v) is 4.08. The van der Waals surface area contributed by atoms with E-state index < -0.39 is 0 Å². The molecule has 4 nitrogen and oxygen atoms in total. The normalized spacial score (nSPS) is 14.7. The second-order valence-corrected chi connectivity index (χ2v) is 5.88. The highest BCUT2D eigenvalue weighted by Gasteiger charge is 2.23. The molecule has 2 N–H and O–H groups in total. The number of aliphatic hydroxyl groups is 1. The number of anilines is 2. The fourth-order valence-electron chi connectivity index (χ4n) is 2.58. The van der Waals surface area contributed by atoms with Gasteiger partial charge in [0.05, 0.1) is 12.3 Å². The molecule has 0 atom stereocenters. The summed E-state index contributed by atoms with van der Waals surface area (Å²) in [5.41, 5.74) is 4.20. The van der Waals surface area contributed by atoms with Crippen LogP contribution < -0.4 is 10.2 Å². The third-order valence-electron chi connectivity index (χ3n) is 3.84. The maximum Gasteiger partial charge on any atom is 0.256 e. The third kappa shape index (κ3) is 3.23. The molecule has 2 aromatic carbocycles. The highest BCUT2D eigenvalue weighted by Crippen LogP contribution is 2.35. The Hall–Kier alpha value is -2.30. The second-order valence-electron chi connectivity index (χ2n) is 5.44. The SMILES string of the molecule is CN(CCO)c1ccc(/C=C2/C(=O)Nc3cc(Cl)ccc32)cc1. The smallest absolute Gasteiger partial charge is 0.256 e. The summed E-state index contributed by atoms with van der Waals surface area (Å²) >= 11 is 5.96. The molecule has 2 aromatic rings. The molecular formula is C18H17ClN2O2. The lowest BCUT2D eigenvalue weighted by Gasteiger charge is -2.17. The highest BCUT2D eigenvalue weighted by molar-refractivity contribution is 6.36. The van der Waals surface area contributed by atoms with Crippen LogP contribution in [-0.2, 0) is 4.79 Å². The molecule has 0 bridgehead atoms. The molecule has 1 aliphatic rings. The molecule has 0 aromatic heterocycles. The predicted molar refractivity (Wildman–Crippen MR) is 94.8 cm³/mol. The van der Waals surface area contributed by atoms with Crippen molar-refractivity contribution in [2.45, 2.75) is 0 Å². The summed E-state index contributed by atoms with van der Waals surface area (Å²) in [4.78, 5) is 14.1. The van der Waals surface area contributed by atoms with E-state index in [2.05, 4.69) is 5.32 Å². The number of aliphatic hydroxyl groups excluding tert-OH is 1. The van der Waals surface area contributed by atoms with E-state index in [-0.39, 0.29) is 12.5 Å². The van der Waals surface area contributed by atoms with Crippen LogP contribution in [-0.4, -0.2) is 31.2 Å². The van der Waals surface area contributed by atoms with Crippen molar-refractivity contribution < 1.29 is 9.90 Å². The van der Waals surface area contributed by atoms with E-state index in [4.69, 9.17) is 16.7 Å². The van der Waals surface area contributed by atoms with Crippen molar-refractivity contribution in [2.24, 2.45) is 0 Å². The van der Waals surface area contributed by atoms with E-state index in [0.717, 1.165) is 22.5 Å². The Morgan fingerprint density at radius 1 is 1.22 bits per heavy atom. The maximum atomic E-state index is 12.1. The largest absolute Gasteiger partial charge is 0.395 e. The van der Waals surface area contributed by atoms with E-state index >= 15 is 0 Å². The number of carbonyl (C=O) groups excluding carboxylic acids is 1. The summed E-state index contributed by atoms with van der Waals surface area (Å²) in [6.07, 6.45) is 1.87. The zero-order valence-electron chi connectivity index (χ0n) is 12.7. The molecule has 1 aliphatic heterocycles. The van der Waals surface area contributed by atoms with E-state index in [1.807, 2.05) is 48.4 Å². The van der Waals surface area contributed by atoms with Gasteiger partial charge in [0.1, 0.15) is 0 Å². The molecule has 3 rings (SSSR count). The number of amides is 1. The minimum Gasteiger partial charge on any atom is -0.395 e. The summed E-state index contributed by atoms with van der Waals surface area (Å²) in [7, 11) is 1.92. The van der Waals surface area contributed by atoms with Crippen molar-refractivity contribution in [3.63, 3.8) is 0 Å². The van der Waals surface area contributed by atoms with Gasteiger partial charge in [0.2, 0.25) is 0 Å². The molecule has 1 amide bonds. The number of likely N-dealkylation sites (N-methyl/N-ethyl adjacent to an activating group) is 1. The molecular weight excluding hydrogens is 312 g/mol. The van der Waals surface area contributed by atoms with Crippen molar-refractivity contribution in [2.75, 3.05) is 30.4 Å². The minimum atomic E-state index is -0.122. The van der Waals surface area contributed by atoms with Crippen LogP contribution >= 0.6 is 11.6 Å². The molecule has 0 fully saturated rings. The Bertz CT molecular complexity index is 769. The monoisotopic (exact) mass is 328 g/mol. The summed E-state index contributed by atoms with van der Waals surface area (Å²) in [6, 6.07) is 13.2. The lowest BCUT2D eigenvalue weighted by molar-refractivity contribution is -0.110. The van der Waals surface area contributed by atoms with Gasteiger partial charge in [-0.15, -0.1) is 0 Å². The number of hydrogen-bond donors (Lipinski definition) is 2. The lowest BCUT2D eigenvalue weighted by Crippen LogP contribution is -2.20. The van der Waals surface area contributed by atoms with Gasteiger partial charge in [0.25, 0.3) is 5.91 Å². The van der Waals surface area contributed by atoms with Crippen LogP contribution in [0.1, 0.15) is 11.1 Å². The first kappa shape index (κ1) is 15.6. The first-order valence-corrected chi connectivity index (χ1v) is 7.71. The van der Waals surface area contributed by atoms with Gasteiger partial charge < -0.3 is 15.3 Å². The van der Waals surface area contributed by atoms with Crippen molar-refractivity contribution in [1.82, 2.24) is 0 Å². The van der Waals surface area contributed by atoms with Crippen molar-refractivity contribution in [3.05, 3.63) is 58.6 Å². The predicted octanol–water partition coefficient (Wildman–Crippen LogP) is 3.26. The van der Waals surface area contributed by atoms with E-state index in [1.165, 1.54) is 0 Å². The van der Waals surface area contributed by atoms with Gasteiger partial charge in [-0.3, -0.25) is 4.79 Å². The number of carbonyl (C=O) groups is 1. The van der Waals surface area contributed by atoms with Crippen LogP contribution in [0.15, 0.2) is 42.5 Å². The standard InChI is InChI=1S/C18H17ClN2O2/c1-21(8-9-22)14-5-2-12(3-6-14)10-16-15-7-4-13(19)11-17(15)20-18(16)23/h2-7,10-11,22H,8-9H2,1H3,(H,20,23)/b16-10+. The fourth-order valence-corrected chi connectivity index (χ4v) is 2.75. The Morgan fingerprint density at radius 3 is 2.65 bits per heavy atom. The molecule has 0 radical (unpaired) electrons. The van der Waals surface area contributed by atoms with Gasteiger partial charge >= 0.3 is 0 Å². The maximum absolute atomic E-state index is 12.1. The topological polar surface area (TPSA) is 52.6 Å². The van der Waals surface area contributed by atoms with Gasteiger partial charge in [0, 0.05) is 35.4 Å². The quantitative estimate of drug-likeness (QED) is 0.847. The van der Waals surface area contributed by atoms with Gasteiger partial charge in [-0.05, 0) is 35.9 Å². The van der Waals surface area contributed by atoms with E-state index in [1.54, 1.807) is 12.1 Å². The van der Waals surface area contributed by atoms with Gasteiger partial charge in [0.15, 0.2) is 0 Å². The molecule has 23 heavy (non-hydrogen) atoms. The Labute approximate surface area is 140 Å². The number of fused-ring (bicyclic) bond motifs is 1. The van der Waals surface area contributed by atoms with Gasteiger partial charge in [-0.2, -0.15) is 0 Å². The summed E-state index contributed by atoms with van der Waals surface area (Å²) in [5.74, 6) is -0.122. The van der Waals surface area contributed by atoms with E-state index in [9.17, 15) is 4.79 Å². The number of hydrogen-bond acceptors (Lipinski definition) is 3. The van der Waals surface area contributed by atoms with Gasteiger partial charge in [-0.1, -0.05) is 29.8 Å². The van der Waals surface area contributed by atoms with Crippen molar-refractivity contribution in [1.29, 1.82) is 0 Å². The van der Waals surface area contributed by atoms with E-state index in [0.29, 0.717) is 17.1 Å². The average molecular weight is 329 g/mol. The summed E-state index contributed by atoms with van der Waals surface area (Å²) < 4.78 is 0. The van der Waals surface area contributed by atoms with Gasteiger partial charge in [-0.25, -0.2) is 0 Å². The van der Waals surface area contributed by atoms with Crippen LogP contribution in [0.2, 0.25) is 5.02 Å². The number of halogens is 1. The van der Waals surface area contributed by atoms with Crippen LogP contribution in [0.25, 0.3) is 11.6 Å².